The van der Waals surface area contributed by atoms with Crippen molar-refractivity contribution in [3.8, 4) is 0 Å². The SMILES string of the molecule is Cc1ccccc1N(C)c1nc(Br)cn2ccnc12. The molecule has 0 fully saturated rings. The third kappa shape index (κ3) is 2.10. The van der Waals surface area contributed by atoms with Crippen LogP contribution in [-0.4, -0.2) is 21.4 Å². The summed E-state index contributed by atoms with van der Waals surface area (Å²) >= 11 is 3.44. The first-order valence-electron chi connectivity index (χ1n) is 5.95. The van der Waals surface area contributed by atoms with E-state index in [4.69, 9.17) is 0 Å². The van der Waals surface area contributed by atoms with Gasteiger partial charge < -0.3 is 9.30 Å². The fraction of sp³-hybridized carbons (Fsp3) is 0.143. The van der Waals surface area contributed by atoms with Crippen LogP contribution >= 0.6 is 15.9 Å². The average molecular weight is 317 g/mol. The Balaban J connectivity index is 2.19. The molecule has 2 heterocycles. The Kier molecular flexibility index (Phi) is 2.98. The highest BCUT2D eigenvalue weighted by atomic mass is 79.9. The summed E-state index contributed by atoms with van der Waals surface area (Å²) in [4.78, 5) is 11.0. The van der Waals surface area contributed by atoms with Crippen molar-refractivity contribution in [1.29, 1.82) is 0 Å². The van der Waals surface area contributed by atoms with E-state index in [9.17, 15) is 0 Å². The molecule has 4 nitrogen and oxygen atoms in total. The van der Waals surface area contributed by atoms with Gasteiger partial charge in [0.25, 0.3) is 0 Å². The van der Waals surface area contributed by atoms with Crippen LogP contribution in [0.25, 0.3) is 5.65 Å². The Morgan fingerprint density at radius 2 is 2.05 bits per heavy atom. The van der Waals surface area contributed by atoms with Gasteiger partial charge in [0.2, 0.25) is 0 Å². The first-order valence-corrected chi connectivity index (χ1v) is 6.74. The molecule has 3 aromatic rings. The molecule has 0 atom stereocenters. The molecule has 2 aromatic heterocycles. The zero-order valence-corrected chi connectivity index (χ0v) is 12.3. The van der Waals surface area contributed by atoms with Crippen molar-refractivity contribution >= 4 is 33.1 Å². The summed E-state index contributed by atoms with van der Waals surface area (Å²) in [5.41, 5.74) is 3.17. The van der Waals surface area contributed by atoms with Crippen molar-refractivity contribution in [3.05, 3.63) is 53.0 Å². The molecule has 0 aliphatic carbocycles. The quantitative estimate of drug-likeness (QED) is 0.724. The largest absolute Gasteiger partial charge is 0.326 e. The predicted molar refractivity (Wildman–Crippen MR) is 79.9 cm³/mol. The van der Waals surface area contributed by atoms with Crippen LogP contribution in [0.3, 0.4) is 0 Å². The van der Waals surface area contributed by atoms with Crippen LogP contribution in [-0.2, 0) is 0 Å². The topological polar surface area (TPSA) is 33.4 Å². The molecule has 19 heavy (non-hydrogen) atoms. The van der Waals surface area contributed by atoms with E-state index in [2.05, 4.69) is 49.9 Å². The molecule has 1 aromatic carbocycles. The number of hydrogen-bond acceptors (Lipinski definition) is 3. The van der Waals surface area contributed by atoms with Crippen LogP contribution in [0.1, 0.15) is 5.56 Å². The summed E-state index contributed by atoms with van der Waals surface area (Å²) < 4.78 is 2.75. The number of anilines is 2. The molecule has 0 N–H and O–H groups in total. The minimum atomic E-state index is 0.786. The van der Waals surface area contributed by atoms with Crippen molar-refractivity contribution in [3.63, 3.8) is 0 Å². The fourth-order valence-electron chi connectivity index (χ4n) is 2.16. The Labute approximate surface area is 119 Å². The van der Waals surface area contributed by atoms with Crippen molar-refractivity contribution in [2.45, 2.75) is 6.92 Å². The number of para-hydroxylation sites is 1. The standard InChI is InChI=1S/C14H13BrN4/c1-10-5-3-4-6-11(10)18(2)14-13-16-7-8-19(13)9-12(15)17-14/h3-9H,1-2H3. The van der Waals surface area contributed by atoms with Gasteiger partial charge in [0.15, 0.2) is 11.5 Å². The molecule has 3 rings (SSSR count). The molecule has 96 valence electrons. The van der Waals surface area contributed by atoms with Crippen molar-refractivity contribution < 1.29 is 0 Å². The normalized spacial score (nSPS) is 10.9. The van der Waals surface area contributed by atoms with E-state index in [-0.39, 0.29) is 0 Å². The zero-order valence-electron chi connectivity index (χ0n) is 10.7. The maximum atomic E-state index is 4.55. The average Bonchev–Trinajstić information content (AvgIpc) is 2.85. The molecule has 0 spiro atoms. The number of hydrogen-bond donors (Lipinski definition) is 0. The molecule has 0 radical (unpaired) electrons. The Morgan fingerprint density at radius 3 is 2.84 bits per heavy atom. The van der Waals surface area contributed by atoms with Gasteiger partial charge in [-0.15, -0.1) is 0 Å². The maximum absolute atomic E-state index is 4.55. The summed E-state index contributed by atoms with van der Waals surface area (Å²) in [6.07, 6.45) is 5.59. The van der Waals surface area contributed by atoms with Gasteiger partial charge in [0, 0.05) is 31.3 Å². The van der Waals surface area contributed by atoms with Crippen LogP contribution in [0.4, 0.5) is 11.5 Å². The van der Waals surface area contributed by atoms with Gasteiger partial charge >= 0.3 is 0 Å². The molecule has 0 saturated heterocycles. The second kappa shape index (κ2) is 4.66. The third-order valence-corrected chi connectivity index (χ3v) is 3.50. The Hall–Kier alpha value is -1.88. The molecule has 0 amide bonds. The van der Waals surface area contributed by atoms with Gasteiger partial charge in [-0.25, -0.2) is 9.97 Å². The van der Waals surface area contributed by atoms with Gasteiger partial charge in [-0.3, -0.25) is 0 Å². The molecule has 0 unspecified atom stereocenters. The minimum Gasteiger partial charge on any atom is -0.326 e. The summed E-state index contributed by atoms with van der Waals surface area (Å²) in [7, 11) is 2.01. The smallest absolute Gasteiger partial charge is 0.180 e. The van der Waals surface area contributed by atoms with E-state index in [1.165, 1.54) is 5.56 Å². The third-order valence-electron chi connectivity index (χ3n) is 3.12. The van der Waals surface area contributed by atoms with Gasteiger partial charge in [-0.05, 0) is 34.5 Å². The Bertz CT molecular complexity index is 735. The van der Waals surface area contributed by atoms with Gasteiger partial charge in [-0.2, -0.15) is 0 Å². The highest BCUT2D eigenvalue weighted by Crippen LogP contribution is 2.28. The maximum Gasteiger partial charge on any atom is 0.180 e. The van der Waals surface area contributed by atoms with Crippen molar-refractivity contribution in [2.75, 3.05) is 11.9 Å². The van der Waals surface area contributed by atoms with E-state index in [1.54, 1.807) is 6.20 Å². The number of nitrogens with zero attached hydrogens (tertiary/aromatic N) is 4. The van der Waals surface area contributed by atoms with Gasteiger partial charge in [0.05, 0.1) is 0 Å². The van der Waals surface area contributed by atoms with E-state index in [0.717, 1.165) is 21.8 Å². The Morgan fingerprint density at radius 1 is 1.26 bits per heavy atom. The lowest BCUT2D eigenvalue weighted by Crippen LogP contribution is -2.14. The lowest BCUT2D eigenvalue weighted by atomic mass is 10.2. The number of aromatic nitrogens is 3. The second-order valence-electron chi connectivity index (χ2n) is 4.39. The second-order valence-corrected chi connectivity index (χ2v) is 5.20. The van der Waals surface area contributed by atoms with Crippen LogP contribution in [0.5, 0.6) is 0 Å². The summed E-state index contributed by atoms with van der Waals surface area (Å²) in [6, 6.07) is 8.23. The lowest BCUT2D eigenvalue weighted by Gasteiger charge is -2.21. The highest BCUT2D eigenvalue weighted by Gasteiger charge is 2.13. The number of benzene rings is 1. The number of halogens is 1. The van der Waals surface area contributed by atoms with Crippen molar-refractivity contribution in [1.82, 2.24) is 14.4 Å². The number of imidazole rings is 1. The number of fused-ring (bicyclic) bond motifs is 1. The van der Waals surface area contributed by atoms with Gasteiger partial charge in [0.1, 0.15) is 4.60 Å². The summed E-state index contributed by atoms with van der Waals surface area (Å²) in [5.74, 6) is 0.827. The number of rotatable bonds is 2. The first kappa shape index (κ1) is 12.2. The van der Waals surface area contributed by atoms with E-state index < -0.39 is 0 Å². The molecule has 5 heteroatoms. The fourth-order valence-corrected chi connectivity index (χ4v) is 2.55. The van der Waals surface area contributed by atoms with Crippen LogP contribution in [0.2, 0.25) is 0 Å². The van der Waals surface area contributed by atoms with Crippen molar-refractivity contribution in [2.24, 2.45) is 0 Å². The predicted octanol–water partition coefficient (Wildman–Crippen LogP) is 3.57. The molecule has 0 aliphatic heterocycles. The van der Waals surface area contributed by atoms with E-state index in [1.807, 2.05) is 36.0 Å². The molecule has 0 aliphatic rings. The monoisotopic (exact) mass is 316 g/mol. The summed E-state index contributed by atoms with van der Waals surface area (Å²) in [5, 5.41) is 0. The van der Waals surface area contributed by atoms with Crippen LogP contribution in [0.15, 0.2) is 47.5 Å². The van der Waals surface area contributed by atoms with Crippen LogP contribution < -0.4 is 4.90 Å². The first-order chi connectivity index (χ1) is 9.16. The summed E-state index contributed by atoms with van der Waals surface area (Å²) in [6.45, 7) is 2.09. The van der Waals surface area contributed by atoms with Gasteiger partial charge in [-0.1, -0.05) is 18.2 Å². The molecule has 0 saturated carbocycles. The number of aryl methyl sites for hydroxylation is 1. The molecular formula is C14H13BrN4. The van der Waals surface area contributed by atoms with Crippen LogP contribution in [0, 0.1) is 6.92 Å². The minimum absolute atomic E-state index is 0.786. The van der Waals surface area contributed by atoms with E-state index in [0.29, 0.717) is 0 Å². The van der Waals surface area contributed by atoms with E-state index >= 15 is 0 Å². The molecule has 0 bridgehead atoms. The highest BCUT2D eigenvalue weighted by molar-refractivity contribution is 9.10. The lowest BCUT2D eigenvalue weighted by molar-refractivity contribution is 1.04. The zero-order chi connectivity index (χ0) is 13.4. The molecular weight excluding hydrogens is 304 g/mol.